The molecule has 0 saturated heterocycles. The van der Waals surface area contributed by atoms with E-state index in [2.05, 4.69) is 15.8 Å². The standard InChI is InChI=1S/C17H18N4O5/c1-17(2)16(25)18-10-5-3-4-6-12(10)21(17)14(23)9-26-15(24)11-7-8-13(22)20-19-11/h3-6H,7-9H2,1-2H3,(H,18,25)(H,20,22). The fourth-order valence-electron chi connectivity index (χ4n) is 2.79. The summed E-state index contributed by atoms with van der Waals surface area (Å²) < 4.78 is 5.03. The summed E-state index contributed by atoms with van der Waals surface area (Å²) in [7, 11) is 0. The minimum absolute atomic E-state index is 0.0495. The Hall–Kier alpha value is -3.23. The Balaban J connectivity index is 1.75. The molecule has 0 aliphatic carbocycles. The Morgan fingerprint density at radius 3 is 2.65 bits per heavy atom. The number of nitrogens with one attached hydrogen (secondary N) is 2. The third-order valence-corrected chi connectivity index (χ3v) is 4.22. The topological polar surface area (TPSA) is 117 Å². The van der Waals surface area contributed by atoms with Gasteiger partial charge in [0.15, 0.2) is 6.61 Å². The van der Waals surface area contributed by atoms with E-state index in [0.717, 1.165) is 0 Å². The van der Waals surface area contributed by atoms with Gasteiger partial charge in [0.2, 0.25) is 11.8 Å². The number of rotatable bonds is 3. The van der Waals surface area contributed by atoms with Gasteiger partial charge in [-0.1, -0.05) is 12.1 Å². The van der Waals surface area contributed by atoms with Crippen LogP contribution in [0.2, 0.25) is 0 Å². The number of esters is 1. The van der Waals surface area contributed by atoms with Gasteiger partial charge in [0.25, 0.3) is 5.91 Å². The summed E-state index contributed by atoms with van der Waals surface area (Å²) in [5, 5.41) is 6.39. The highest BCUT2D eigenvalue weighted by molar-refractivity contribution is 6.37. The van der Waals surface area contributed by atoms with Crippen LogP contribution in [0.15, 0.2) is 29.4 Å². The predicted octanol–water partition coefficient (Wildman–Crippen LogP) is 0.559. The zero-order chi connectivity index (χ0) is 18.9. The van der Waals surface area contributed by atoms with Crippen molar-refractivity contribution in [1.29, 1.82) is 0 Å². The van der Waals surface area contributed by atoms with Gasteiger partial charge >= 0.3 is 5.97 Å². The molecular weight excluding hydrogens is 340 g/mol. The van der Waals surface area contributed by atoms with E-state index in [1.807, 2.05) is 0 Å². The number of hydrogen-bond donors (Lipinski definition) is 2. The first-order chi connectivity index (χ1) is 12.3. The van der Waals surface area contributed by atoms with Gasteiger partial charge in [-0.2, -0.15) is 5.10 Å². The summed E-state index contributed by atoms with van der Waals surface area (Å²) in [6.07, 6.45) is 0.286. The summed E-state index contributed by atoms with van der Waals surface area (Å²) in [5.41, 5.74) is 2.14. The molecular formula is C17H18N4O5. The van der Waals surface area contributed by atoms with Crippen molar-refractivity contribution in [1.82, 2.24) is 5.43 Å². The second-order valence-corrected chi connectivity index (χ2v) is 6.43. The van der Waals surface area contributed by atoms with Crippen LogP contribution in [0.3, 0.4) is 0 Å². The Kier molecular flexibility index (Phi) is 4.45. The molecule has 0 spiro atoms. The number of carbonyl (C=O) groups is 4. The Morgan fingerprint density at radius 2 is 1.96 bits per heavy atom. The van der Waals surface area contributed by atoms with E-state index in [1.54, 1.807) is 38.1 Å². The molecule has 0 atom stereocenters. The van der Waals surface area contributed by atoms with E-state index in [1.165, 1.54) is 4.90 Å². The van der Waals surface area contributed by atoms with Crippen molar-refractivity contribution in [2.45, 2.75) is 32.2 Å². The van der Waals surface area contributed by atoms with Crippen LogP contribution in [0.4, 0.5) is 11.4 Å². The summed E-state index contributed by atoms with van der Waals surface area (Å²) in [4.78, 5) is 49.4. The fourth-order valence-corrected chi connectivity index (χ4v) is 2.79. The monoisotopic (exact) mass is 358 g/mol. The van der Waals surface area contributed by atoms with Gasteiger partial charge < -0.3 is 10.1 Å². The molecule has 0 fully saturated rings. The number of hydrogen-bond acceptors (Lipinski definition) is 6. The average molecular weight is 358 g/mol. The quantitative estimate of drug-likeness (QED) is 0.766. The van der Waals surface area contributed by atoms with Gasteiger partial charge in [0, 0.05) is 12.8 Å². The molecule has 9 heteroatoms. The van der Waals surface area contributed by atoms with Crippen LogP contribution in [-0.2, 0) is 23.9 Å². The van der Waals surface area contributed by atoms with Crippen molar-refractivity contribution in [3.63, 3.8) is 0 Å². The first kappa shape index (κ1) is 17.6. The molecule has 1 aromatic rings. The fraction of sp³-hybridized carbons (Fsp3) is 0.353. The van der Waals surface area contributed by atoms with Crippen LogP contribution < -0.4 is 15.6 Å². The van der Waals surface area contributed by atoms with Gasteiger partial charge in [-0.15, -0.1) is 0 Å². The summed E-state index contributed by atoms with van der Waals surface area (Å²) in [6, 6.07) is 6.89. The number of amides is 3. The number of hydrazone groups is 1. The number of nitrogens with zero attached hydrogens (tertiary/aromatic N) is 2. The van der Waals surface area contributed by atoms with Gasteiger partial charge in [-0.25, -0.2) is 10.2 Å². The number of carbonyl (C=O) groups excluding carboxylic acids is 4. The predicted molar refractivity (Wildman–Crippen MR) is 92.4 cm³/mol. The van der Waals surface area contributed by atoms with E-state index in [4.69, 9.17) is 4.74 Å². The second-order valence-electron chi connectivity index (χ2n) is 6.43. The molecule has 2 aliphatic rings. The van der Waals surface area contributed by atoms with E-state index in [0.29, 0.717) is 11.4 Å². The van der Waals surface area contributed by atoms with Gasteiger partial charge in [0.05, 0.1) is 11.4 Å². The highest BCUT2D eigenvalue weighted by atomic mass is 16.5. The van der Waals surface area contributed by atoms with Gasteiger partial charge in [0.1, 0.15) is 11.3 Å². The molecule has 0 radical (unpaired) electrons. The molecule has 2 aliphatic heterocycles. The lowest BCUT2D eigenvalue weighted by Crippen LogP contribution is -2.59. The molecule has 0 bridgehead atoms. The Morgan fingerprint density at radius 1 is 1.23 bits per heavy atom. The van der Waals surface area contributed by atoms with Crippen molar-refractivity contribution < 1.29 is 23.9 Å². The molecule has 2 N–H and O–H groups in total. The van der Waals surface area contributed by atoms with E-state index in [9.17, 15) is 19.2 Å². The molecule has 2 heterocycles. The number of ether oxygens (including phenoxy) is 1. The smallest absolute Gasteiger partial charge is 0.355 e. The Bertz CT molecular complexity index is 830. The number of fused-ring (bicyclic) bond motifs is 1. The third kappa shape index (κ3) is 3.15. The van der Waals surface area contributed by atoms with Crippen molar-refractivity contribution >= 4 is 40.8 Å². The first-order valence-corrected chi connectivity index (χ1v) is 8.07. The lowest BCUT2D eigenvalue weighted by Gasteiger charge is -2.41. The summed E-state index contributed by atoms with van der Waals surface area (Å²) >= 11 is 0. The maximum absolute atomic E-state index is 12.7. The molecule has 136 valence electrons. The molecule has 0 saturated carbocycles. The summed E-state index contributed by atoms with van der Waals surface area (Å²) in [6.45, 7) is 2.67. The van der Waals surface area contributed by atoms with Gasteiger partial charge in [-0.05, 0) is 26.0 Å². The van der Waals surface area contributed by atoms with E-state index in [-0.39, 0.29) is 30.4 Å². The van der Waals surface area contributed by atoms with Crippen molar-refractivity contribution in [2.75, 3.05) is 16.8 Å². The van der Waals surface area contributed by atoms with Crippen LogP contribution in [0, 0.1) is 0 Å². The molecule has 0 aromatic heterocycles. The van der Waals surface area contributed by atoms with Crippen LogP contribution >= 0.6 is 0 Å². The van der Waals surface area contributed by atoms with Crippen LogP contribution in [0.25, 0.3) is 0 Å². The van der Waals surface area contributed by atoms with Crippen molar-refractivity contribution in [2.24, 2.45) is 5.10 Å². The Labute approximate surface area is 149 Å². The first-order valence-electron chi connectivity index (χ1n) is 8.07. The molecule has 3 rings (SSSR count). The average Bonchev–Trinajstić information content (AvgIpc) is 2.61. The second kappa shape index (κ2) is 6.58. The van der Waals surface area contributed by atoms with Crippen molar-refractivity contribution in [3.05, 3.63) is 24.3 Å². The number of benzene rings is 1. The van der Waals surface area contributed by atoms with E-state index >= 15 is 0 Å². The SMILES string of the molecule is CC1(C)C(=O)Nc2ccccc2N1C(=O)COC(=O)C1=NNC(=O)CC1. The zero-order valence-electron chi connectivity index (χ0n) is 14.4. The lowest BCUT2D eigenvalue weighted by atomic mass is 9.96. The normalized spacial score (nSPS) is 18.2. The van der Waals surface area contributed by atoms with Crippen LogP contribution in [0.5, 0.6) is 0 Å². The lowest BCUT2D eigenvalue weighted by molar-refractivity contribution is -0.142. The maximum atomic E-state index is 12.7. The number of anilines is 2. The highest BCUT2D eigenvalue weighted by Crippen LogP contribution is 2.36. The summed E-state index contributed by atoms with van der Waals surface area (Å²) in [5.74, 6) is -1.93. The molecule has 3 amide bonds. The minimum atomic E-state index is -1.14. The molecule has 26 heavy (non-hydrogen) atoms. The van der Waals surface area contributed by atoms with Gasteiger partial charge in [-0.3, -0.25) is 19.3 Å². The van der Waals surface area contributed by atoms with Crippen molar-refractivity contribution in [3.8, 4) is 0 Å². The molecule has 0 unspecified atom stereocenters. The zero-order valence-corrected chi connectivity index (χ0v) is 14.4. The number of para-hydroxylation sites is 2. The highest BCUT2D eigenvalue weighted by Gasteiger charge is 2.43. The minimum Gasteiger partial charge on any atom is -0.451 e. The molecule has 1 aromatic carbocycles. The largest absolute Gasteiger partial charge is 0.451 e. The van der Waals surface area contributed by atoms with Crippen LogP contribution in [-0.4, -0.2) is 41.5 Å². The van der Waals surface area contributed by atoms with Crippen LogP contribution in [0.1, 0.15) is 26.7 Å². The maximum Gasteiger partial charge on any atom is 0.355 e. The molecule has 9 nitrogen and oxygen atoms in total. The van der Waals surface area contributed by atoms with E-state index < -0.39 is 24.0 Å². The third-order valence-electron chi connectivity index (χ3n) is 4.22.